The molecule has 4 atom stereocenters. The molecule has 0 aliphatic heterocycles. The Bertz CT molecular complexity index is 365. The fourth-order valence-electron chi connectivity index (χ4n) is 3.25. The van der Waals surface area contributed by atoms with Crippen LogP contribution < -0.4 is 11.1 Å². The maximum atomic E-state index is 12.7. The lowest BCUT2D eigenvalue weighted by atomic mass is 9.84. The molecule has 2 bridgehead atoms. The lowest BCUT2D eigenvalue weighted by Gasteiger charge is -2.31. The van der Waals surface area contributed by atoms with Gasteiger partial charge in [-0.15, -0.1) is 0 Å². The van der Waals surface area contributed by atoms with E-state index in [4.69, 9.17) is 5.73 Å². The molecule has 0 radical (unpaired) electrons. The molecule has 0 aromatic carbocycles. The summed E-state index contributed by atoms with van der Waals surface area (Å²) in [6.07, 6.45) is -1.36. The van der Waals surface area contributed by atoms with Crippen LogP contribution in [-0.2, 0) is 4.79 Å². The Kier molecular flexibility index (Phi) is 3.58. The summed E-state index contributed by atoms with van der Waals surface area (Å²) in [7, 11) is 0. The van der Waals surface area contributed by atoms with Crippen LogP contribution in [0.5, 0.6) is 0 Å². The van der Waals surface area contributed by atoms with Crippen LogP contribution in [-0.4, -0.2) is 24.7 Å². The van der Waals surface area contributed by atoms with Gasteiger partial charge in [0.05, 0.1) is 11.3 Å². The molecule has 2 rings (SSSR count). The highest BCUT2D eigenvalue weighted by atomic mass is 19.4. The summed E-state index contributed by atoms with van der Waals surface area (Å²) in [5.74, 6) is 0.0187. The van der Waals surface area contributed by atoms with E-state index in [-0.39, 0.29) is 23.8 Å². The maximum absolute atomic E-state index is 12.7. The number of carbonyl (C=O) groups is 1. The number of carbonyl (C=O) groups excluding carboxylic acids is 1. The fraction of sp³-hybridized carbons (Fsp3) is 0.923. The molecule has 2 aliphatic carbocycles. The van der Waals surface area contributed by atoms with E-state index in [1.807, 2.05) is 0 Å². The van der Waals surface area contributed by atoms with E-state index in [1.54, 1.807) is 0 Å². The van der Waals surface area contributed by atoms with Crippen molar-refractivity contribution < 1.29 is 18.0 Å². The molecule has 0 unspecified atom stereocenters. The minimum atomic E-state index is -4.32. The van der Waals surface area contributed by atoms with Crippen LogP contribution in [0.2, 0.25) is 0 Å². The van der Waals surface area contributed by atoms with Crippen molar-refractivity contribution in [1.29, 1.82) is 0 Å². The number of nitrogens with one attached hydrogen (secondary N) is 1. The van der Waals surface area contributed by atoms with Gasteiger partial charge in [-0.1, -0.05) is 0 Å². The zero-order chi connectivity index (χ0) is 14.4. The molecular weight excluding hydrogens is 257 g/mol. The van der Waals surface area contributed by atoms with Crippen LogP contribution in [0.4, 0.5) is 13.2 Å². The lowest BCUT2D eigenvalue weighted by Crippen LogP contribution is -2.49. The largest absolute Gasteiger partial charge is 0.395 e. The predicted molar refractivity (Wildman–Crippen MR) is 65.1 cm³/mol. The standard InChI is InChI=1S/C13H21F3N2O/c1-12(2,13(14,15)16)6-18-11(19)9-7-3-4-8(5-7)10(9)17/h7-10H,3-6,17H2,1-2H3,(H,18,19)/t7-,8+,9+,10-/m1/s1. The Morgan fingerprint density at radius 3 is 2.32 bits per heavy atom. The third kappa shape index (κ3) is 2.59. The van der Waals surface area contributed by atoms with Crippen molar-refractivity contribution in [1.82, 2.24) is 5.32 Å². The number of hydrogen-bond acceptors (Lipinski definition) is 2. The zero-order valence-electron chi connectivity index (χ0n) is 11.3. The van der Waals surface area contributed by atoms with Gasteiger partial charge >= 0.3 is 6.18 Å². The van der Waals surface area contributed by atoms with Crippen molar-refractivity contribution in [2.45, 2.75) is 45.3 Å². The Labute approximate surface area is 111 Å². The molecule has 6 heteroatoms. The van der Waals surface area contributed by atoms with Crippen LogP contribution in [0.15, 0.2) is 0 Å². The Hall–Kier alpha value is -0.780. The van der Waals surface area contributed by atoms with E-state index in [9.17, 15) is 18.0 Å². The quantitative estimate of drug-likeness (QED) is 0.830. The summed E-state index contributed by atoms with van der Waals surface area (Å²) < 4.78 is 38.1. The summed E-state index contributed by atoms with van der Waals surface area (Å²) in [5.41, 5.74) is 4.09. The fourth-order valence-corrected chi connectivity index (χ4v) is 3.25. The molecule has 3 nitrogen and oxygen atoms in total. The molecule has 0 aromatic rings. The summed E-state index contributed by atoms with van der Waals surface area (Å²) in [6, 6.07) is -0.187. The average Bonchev–Trinajstić information content (AvgIpc) is 2.84. The van der Waals surface area contributed by atoms with Crippen molar-refractivity contribution in [3.63, 3.8) is 0 Å². The number of nitrogens with two attached hydrogens (primary N) is 1. The Morgan fingerprint density at radius 1 is 1.26 bits per heavy atom. The lowest BCUT2D eigenvalue weighted by molar-refractivity contribution is -0.209. The first-order valence-corrected chi connectivity index (χ1v) is 6.73. The van der Waals surface area contributed by atoms with Crippen molar-refractivity contribution in [3.05, 3.63) is 0 Å². The number of rotatable bonds is 3. The molecular formula is C13H21F3N2O. The van der Waals surface area contributed by atoms with Crippen molar-refractivity contribution in [2.75, 3.05) is 6.54 Å². The summed E-state index contributed by atoms with van der Waals surface area (Å²) in [5, 5.41) is 2.45. The van der Waals surface area contributed by atoms with Gasteiger partial charge in [0.25, 0.3) is 0 Å². The number of hydrogen-bond donors (Lipinski definition) is 2. The molecule has 2 saturated carbocycles. The molecule has 0 aromatic heterocycles. The number of fused-ring (bicyclic) bond motifs is 2. The third-order valence-electron chi connectivity index (χ3n) is 4.76. The minimum absolute atomic E-state index is 0.187. The molecule has 110 valence electrons. The smallest absolute Gasteiger partial charge is 0.355 e. The van der Waals surface area contributed by atoms with Gasteiger partial charge in [0.2, 0.25) is 5.91 Å². The molecule has 0 spiro atoms. The molecule has 19 heavy (non-hydrogen) atoms. The van der Waals surface area contributed by atoms with Gasteiger partial charge in [0.1, 0.15) is 0 Å². The van der Waals surface area contributed by atoms with Crippen LogP contribution in [0.1, 0.15) is 33.1 Å². The molecule has 3 N–H and O–H groups in total. The molecule has 0 heterocycles. The Balaban J connectivity index is 1.92. The van der Waals surface area contributed by atoms with Crippen LogP contribution >= 0.6 is 0 Å². The van der Waals surface area contributed by atoms with Gasteiger partial charge in [0, 0.05) is 12.6 Å². The second-order valence-corrected chi connectivity index (χ2v) is 6.54. The minimum Gasteiger partial charge on any atom is -0.355 e. The van der Waals surface area contributed by atoms with E-state index in [2.05, 4.69) is 5.32 Å². The highest BCUT2D eigenvalue weighted by molar-refractivity contribution is 5.80. The zero-order valence-corrected chi connectivity index (χ0v) is 11.3. The van der Waals surface area contributed by atoms with Gasteiger partial charge in [-0.05, 0) is 44.9 Å². The SMILES string of the molecule is CC(C)(CNC(=O)[C@H]1[C@@H]2CC[C@@H](C2)[C@H]1N)C(F)(F)F. The maximum Gasteiger partial charge on any atom is 0.395 e. The van der Waals surface area contributed by atoms with E-state index in [0.717, 1.165) is 33.1 Å². The number of halogens is 3. The van der Waals surface area contributed by atoms with Crippen molar-refractivity contribution in [2.24, 2.45) is 28.9 Å². The normalized spacial score (nSPS) is 34.6. The molecule has 2 aliphatic rings. The first-order valence-electron chi connectivity index (χ1n) is 6.73. The predicted octanol–water partition coefficient (Wildman–Crippen LogP) is 2.06. The summed E-state index contributed by atoms with van der Waals surface area (Å²) >= 11 is 0. The second-order valence-electron chi connectivity index (χ2n) is 6.54. The average molecular weight is 278 g/mol. The second kappa shape index (κ2) is 4.65. The van der Waals surface area contributed by atoms with Crippen molar-refractivity contribution in [3.8, 4) is 0 Å². The first-order chi connectivity index (χ1) is 8.63. The summed E-state index contributed by atoms with van der Waals surface area (Å²) in [4.78, 5) is 12.1. The van der Waals surface area contributed by atoms with Gasteiger partial charge in [-0.25, -0.2) is 0 Å². The monoisotopic (exact) mass is 278 g/mol. The third-order valence-corrected chi connectivity index (χ3v) is 4.76. The highest BCUT2D eigenvalue weighted by Gasteiger charge is 2.51. The van der Waals surface area contributed by atoms with Gasteiger partial charge in [-0.3, -0.25) is 4.79 Å². The van der Waals surface area contributed by atoms with Crippen LogP contribution in [0.3, 0.4) is 0 Å². The van der Waals surface area contributed by atoms with E-state index in [0.29, 0.717) is 5.92 Å². The highest BCUT2D eigenvalue weighted by Crippen LogP contribution is 2.47. The molecule has 2 fully saturated rings. The van der Waals surface area contributed by atoms with E-state index in [1.165, 1.54) is 0 Å². The molecule has 1 amide bonds. The van der Waals surface area contributed by atoms with Gasteiger partial charge in [-0.2, -0.15) is 13.2 Å². The Morgan fingerprint density at radius 2 is 1.84 bits per heavy atom. The van der Waals surface area contributed by atoms with Crippen molar-refractivity contribution >= 4 is 5.91 Å². The van der Waals surface area contributed by atoms with E-state index >= 15 is 0 Å². The number of amides is 1. The first kappa shape index (κ1) is 14.6. The topological polar surface area (TPSA) is 55.1 Å². The number of alkyl halides is 3. The van der Waals surface area contributed by atoms with Crippen LogP contribution in [0.25, 0.3) is 0 Å². The van der Waals surface area contributed by atoms with Crippen LogP contribution in [0, 0.1) is 23.2 Å². The molecule has 0 saturated heterocycles. The van der Waals surface area contributed by atoms with E-state index < -0.39 is 18.1 Å². The van der Waals surface area contributed by atoms with Gasteiger partial charge < -0.3 is 11.1 Å². The van der Waals surface area contributed by atoms with Gasteiger partial charge in [0.15, 0.2) is 0 Å². The summed E-state index contributed by atoms with van der Waals surface area (Å²) in [6.45, 7) is 1.79.